The number of methoxy groups -OCH3 is 1. The smallest absolute Gasteiger partial charge is 0.337 e. The number of aromatic carboxylic acids is 1. The monoisotopic (exact) mass is 290 g/mol. The molecule has 0 bridgehead atoms. The Morgan fingerprint density at radius 2 is 2.05 bits per heavy atom. The molecule has 1 amide bonds. The SMILES string of the molecule is COc1ncccc1C(=O)Nc1ccc(F)cc1C(=O)O. The van der Waals surface area contributed by atoms with E-state index in [1.54, 1.807) is 6.07 Å². The van der Waals surface area contributed by atoms with Crippen LogP contribution in [0, 0.1) is 5.82 Å². The van der Waals surface area contributed by atoms with Crippen LogP contribution in [0.4, 0.5) is 10.1 Å². The summed E-state index contributed by atoms with van der Waals surface area (Å²) in [5.74, 6) is -2.55. The van der Waals surface area contributed by atoms with Crippen molar-refractivity contribution in [1.29, 1.82) is 0 Å². The number of pyridine rings is 1. The molecule has 0 fully saturated rings. The fourth-order valence-corrected chi connectivity index (χ4v) is 1.72. The highest BCUT2D eigenvalue weighted by Gasteiger charge is 2.17. The summed E-state index contributed by atoms with van der Waals surface area (Å²) in [6.45, 7) is 0. The Balaban J connectivity index is 2.34. The summed E-state index contributed by atoms with van der Waals surface area (Å²) < 4.78 is 18.0. The minimum absolute atomic E-state index is 0.0141. The Morgan fingerprint density at radius 3 is 2.71 bits per heavy atom. The molecule has 0 aliphatic heterocycles. The number of carboxylic acid groups (broad SMARTS) is 1. The van der Waals surface area contributed by atoms with Crippen molar-refractivity contribution in [2.24, 2.45) is 0 Å². The van der Waals surface area contributed by atoms with Gasteiger partial charge in [0.05, 0.1) is 18.4 Å². The van der Waals surface area contributed by atoms with Gasteiger partial charge in [0.25, 0.3) is 5.91 Å². The van der Waals surface area contributed by atoms with E-state index in [0.29, 0.717) is 0 Å². The summed E-state index contributed by atoms with van der Waals surface area (Å²) in [6.07, 6.45) is 1.45. The van der Waals surface area contributed by atoms with Crippen LogP contribution in [0.2, 0.25) is 0 Å². The van der Waals surface area contributed by atoms with E-state index >= 15 is 0 Å². The number of rotatable bonds is 4. The third kappa shape index (κ3) is 3.14. The second kappa shape index (κ2) is 6.00. The number of aromatic nitrogens is 1. The summed E-state index contributed by atoms with van der Waals surface area (Å²) in [7, 11) is 1.36. The number of anilines is 1. The van der Waals surface area contributed by atoms with Crippen LogP contribution in [0.15, 0.2) is 36.5 Å². The quantitative estimate of drug-likeness (QED) is 0.901. The third-order valence-corrected chi connectivity index (χ3v) is 2.67. The number of ether oxygens (including phenoxy) is 1. The maximum atomic E-state index is 13.1. The van der Waals surface area contributed by atoms with E-state index in [9.17, 15) is 14.0 Å². The molecule has 0 saturated carbocycles. The van der Waals surface area contributed by atoms with Crippen LogP contribution in [-0.2, 0) is 0 Å². The number of hydrogen-bond donors (Lipinski definition) is 2. The van der Waals surface area contributed by atoms with E-state index in [-0.39, 0.29) is 22.7 Å². The molecular weight excluding hydrogens is 279 g/mol. The van der Waals surface area contributed by atoms with Gasteiger partial charge in [-0.05, 0) is 30.3 Å². The molecule has 1 heterocycles. The molecule has 1 aromatic heterocycles. The highest BCUT2D eigenvalue weighted by molar-refractivity contribution is 6.08. The molecule has 108 valence electrons. The zero-order valence-electron chi connectivity index (χ0n) is 11.0. The first-order valence-corrected chi connectivity index (χ1v) is 5.86. The van der Waals surface area contributed by atoms with Crippen LogP contribution >= 0.6 is 0 Å². The van der Waals surface area contributed by atoms with E-state index in [4.69, 9.17) is 9.84 Å². The molecule has 2 N–H and O–H groups in total. The number of benzene rings is 1. The predicted molar refractivity (Wildman–Crippen MR) is 72.1 cm³/mol. The van der Waals surface area contributed by atoms with Crippen LogP contribution in [0.1, 0.15) is 20.7 Å². The van der Waals surface area contributed by atoms with Gasteiger partial charge in [-0.15, -0.1) is 0 Å². The molecule has 0 atom stereocenters. The summed E-state index contributed by atoms with van der Waals surface area (Å²) in [6, 6.07) is 6.09. The Morgan fingerprint density at radius 1 is 1.29 bits per heavy atom. The molecule has 1 aromatic carbocycles. The number of carbonyl (C=O) groups is 2. The zero-order valence-corrected chi connectivity index (χ0v) is 11.0. The van der Waals surface area contributed by atoms with Crippen molar-refractivity contribution in [3.63, 3.8) is 0 Å². The number of halogens is 1. The van der Waals surface area contributed by atoms with Gasteiger partial charge in [0, 0.05) is 6.20 Å². The Labute approximate surface area is 119 Å². The lowest BCUT2D eigenvalue weighted by Crippen LogP contribution is -2.16. The lowest BCUT2D eigenvalue weighted by Gasteiger charge is -2.10. The van der Waals surface area contributed by atoms with Crippen LogP contribution in [0.5, 0.6) is 5.88 Å². The minimum atomic E-state index is -1.34. The Kier molecular flexibility index (Phi) is 4.13. The van der Waals surface area contributed by atoms with Crippen LogP contribution < -0.4 is 10.1 Å². The minimum Gasteiger partial charge on any atom is -0.480 e. The standard InChI is InChI=1S/C14H11FN2O4/c1-21-13-9(3-2-6-16-13)12(18)17-11-5-4-8(15)7-10(11)14(19)20/h2-7H,1H3,(H,17,18)(H,19,20). The summed E-state index contributed by atoms with van der Waals surface area (Å²) in [5, 5.41) is 11.4. The van der Waals surface area contributed by atoms with E-state index in [1.165, 1.54) is 25.4 Å². The number of nitrogens with zero attached hydrogens (tertiary/aromatic N) is 1. The predicted octanol–water partition coefficient (Wildman–Crippen LogP) is 2.18. The highest BCUT2D eigenvalue weighted by Crippen LogP contribution is 2.20. The van der Waals surface area contributed by atoms with Gasteiger partial charge >= 0.3 is 5.97 Å². The number of nitrogens with one attached hydrogen (secondary N) is 1. The van der Waals surface area contributed by atoms with Crippen LogP contribution in [-0.4, -0.2) is 29.1 Å². The van der Waals surface area contributed by atoms with Gasteiger partial charge in [-0.1, -0.05) is 0 Å². The summed E-state index contributed by atoms with van der Waals surface area (Å²) in [4.78, 5) is 27.1. The van der Waals surface area contributed by atoms with E-state index < -0.39 is 17.7 Å². The van der Waals surface area contributed by atoms with Crippen molar-refractivity contribution < 1.29 is 23.8 Å². The van der Waals surface area contributed by atoms with E-state index in [2.05, 4.69) is 10.3 Å². The molecule has 7 heteroatoms. The second-order valence-electron chi connectivity index (χ2n) is 4.01. The van der Waals surface area contributed by atoms with Crippen molar-refractivity contribution >= 4 is 17.6 Å². The molecule has 0 saturated heterocycles. The molecule has 0 aliphatic rings. The fraction of sp³-hybridized carbons (Fsp3) is 0.0714. The van der Waals surface area contributed by atoms with Gasteiger partial charge in [-0.3, -0.25) is 4.79 Å². The first-order chi connectivity index (χ1) is 10.0. The van der Waals surface area contributed by atoms with Crippen molar-refractivity contribution in [3.05, 3.63) is 53.5 Å². The van der Waals surface area contributed by atoms with E-state index in [1.807, 2.05) is 0 Å². The molecule has 0 radical (unpaired) electrons. The van der Waals surface area contributed by atoms with Gasteiger partial charge in [0.2, 0.25) is 5.88 Å². The van der Waals surface area contributed by atoms with Crippen LogP contribution in [0.25, 0.3) is 0 Å². The van der Waals surface area contributed by atoms with Crippen molar-refractivity contribution in [2.75, 3.05) is 12.4 Å². The summed E-state index contributed by atoms with van der Waals surface area (Å²) >= 11 is 0. The molecule has 0 spiro atoms. The van der Waals surface area contributed by atoms with Gasteiger partial charge in [0.15, 0.2) is 0 Å². The lowest BCUT2D eigenvalue weighted by molar-refractivity contribution is 0.0697. The molecule has 0 aliphatic carbocycles. The van der Waals surface area contributed by atoms with Crippen molar-refractivity contribution in [3.8, 4) is 5.88 Å². The van der Waals surface area contributed by atoms with Crippen molar-refractivity contribution in [1.82, 2.24) is 4.98 Å². The van der Waals surface area contributed by atoms with Gasteiger partial charge in [0.1, 0.15) is 11.4 Å². The number of carbonyl (C=O) groups excluding carboxylic acids is 1. The average molecular weight is 290 g/mol. The molecule has 6 nitrogen and oxygen atoms in total. The van der Waals surface area contributed by atoms with Crippen molar-refractivity contribution in [2.45, 2.75) is 0 Å². The Bertz CT molecular complexity index is 703. The molecular formula is C14H11FN2O4. The number of carboxylic acids is 1. The molecule has 0 unspecified atom stereocenters. The van der Waals surface area contributed by atoms with Gasteiger partial charge in [-0.2, -0.15) is 0 Å². The molecule has 21 heavy (non-hydrogen) atoms. The lowest BCUT2D eigenvalue weighted by atomic mass is 10.1. The average Bonchev–Trinajstić information content (AvgIpc) is 2.48. The maximum absolute atomic E-state index is 13.1. The Hall–Kier alpha value is -2.96. The van der Waals surface area contributed by atoms with Gasteiger partial charge < -0.3 is 15.2 Å². The zero-order chi connectivity index (χ0) is 15.4. The number of hydrogen-bond acceptors (Lipinski definition) is 4. The van der Waals surface area contributed by atoms with E-state index in [0.717, 1.165) is 12.1 Å². The topological polar surface area (TPSA) is 88.5 Å². The normalized spacial score (nSPS) is 10.0. The first kappa shape index (κ1) is 14.4. The summed E-state index contributed by atoms with van der Waals surface area (Å²) in [5.41, 5.74) is -0.216. The molecule has 2 aromatic rings. The van der Waals surface area contributed by atoms with Crippen LogP contribution in [0.3, 0.4) is 0 Å². The maximum Gasteiger partial charge on any atom is 0.337 e. The first-order valence-electron chi connectivity index (χ1n) is 5.86. The third-order valence-electron chi connectivity index (χ3n) is 2.67. The second-order valence-corrected chi connectivity index (χ2v) is 4.01. The van der Waals surface area contributed by atoms with Gasteiger partial charge in [-0.25, -0.2) is 14.2 Å². The highest BCUT2D eigenvalue weighted by atomic mass is 19.1. The molecule has 2 rings (SSSR count). The fourth-order valence-electron chi connectivity index (χ4n) is 1.72. The number of amides is 1. The largest absolute Gasteiger partial charge is 0.480 e.